The first kappa shape index (κ1) is 14.4. The minimum absolute atomic E-state index is 0.738. The van der Waals surface area contributed by atoms with Crippen LogP contribution in [0.5, 0.6) is 0 Å². The Morgan fingerprint density at radius 3 is 2.27 bits per heavy atom. The lowest BCUT2D eigenvalue weighted by molar-refractivity contribution is 0.326. The maximum atomic E-state index is 3.76. The lowest BCUT2D eigenvalue weighted by atomic mass is 10.2. The van der Waals surface area contributed by atoms with Gasteiger partial charge in [-0.1, -0.05) is 26.0 Å². The van der Waals surface area contributed by atoms with E-state index < -0.39 is 0 Å². The van der Waals surface area contributed by atoms with E-state index in [0.717, 1.165) is 38.6 Å². The molecule has 0 rings (SSSR count). The van der Waals surface area contributed by atoms with Crippen LogP contribution in [0, 0.1) is 5.92 Å². The Hall–Kier alpha value is -0.600. The van der Waals surface area contributed by atoms with Gasteiger partial charge in [0.15, 0.2) is 0 Å². The van der Waals surface area contributed by atoms with E-state index in [1.165, 1.54) is 6.42 Å². The Balaban J connectivity index is 3.43. The first-order chi connectivity index (χ1) is 7.20. The fourth-order valence-electron chi connectivity index (χ4n) is 1.44. The smallest absolute Gasteiger partial charge is 0.0163 e. The molecular weight excluding hydrogens is 184 g/mol. The number of rotatable bonds is 10. The molecule has 0 aromatic rings. The molecule has 0 aromatic heterocycles. The van der Waals surface area contributed by atoms with E-state index in [1.54, 1.807) is 0 Å². The van der Waals surface area contributed by atoms with Gasteiger partial charge in [-0.05, 0) is 32.0 Å². The normalized spacial score (nSPS) is 10.9. The molecule has 0 spiro atoms. The molecule has 1 N–H and O–H groups in total. The third-order valence-corrected chi connectivity index (χ3v) is 2.16. The van der Waals surface area contributed by atoms with Gasteiger partial charge in [0.25, 0.3) is 0 Å². The average Bonchev–Trinajstić information content (AvgIpc) is 2.17. The van der Waals surface area contributed by atoms with E-state index in [1.807, 2.05) is 12.2 Å². The van der Waals surface area contributed by atoms with Crippen LogP contribution in [0.1, 0.15) is 20.3 Å². The highest BCUT2D eigenvalue weighted by Crippen LogP contribution is 1.92. The highest BCUT2D eigenvalue weighted by atomic mass is 15.1. The summed E-state index contributed by atoms with van der Waals surface area (Å²) in [5, 5.41) is 3.45. The molecule has 0 radical (unpaired) electrons. The SMILES string of the molecule is C=CCN(CC=C)CCCNCC(C)C. The minimum atomic E-state index is 0.738. The topological polar surface area (TPSA) is 15.3 Å². The monoisotopic (exact) mass is 210 g/mol. The van der Waals surface area contributed by atoms with Crippen LogP contribution in [0.4, 0.5) is 0 Å². The summed E-state index contributed by atoms with van der Waals surface area (Å²) in [5.74, 6) is 0.738. The Morgan fingerprint density at radius 2 is 1.80 bits per heavy atom. The lowest BCUT2D eigenvalue weighted by Gasteiger charge is -2.18. The summed E-state index contributed by atoms with van der Waals surface area (Å²) in [4.78, 5) is 2.34. The third kappa shape index (κ3) is 9.70. The Bertz CT molecular complexity index is 154. The lowest BCUT2D eigenvalue weighted by Crippen LogP contribution is -2.29. The molecule has 0 atom stereocenters. The van der Waals surface area contributed by atoms with Crippen LogP contribution in [-0.4, -0.2) is 37.6 Å². The number of nitrogens with one attached hydrogen (secondary N) is 1. The molecule has 0 aliphatic rings. The Labute approximate surface area is 95.0 Å². The Kier molecular flexibility index (Phi) is 9.54. The summed E-state index contributed by atoms with van der Waals surface area (Å²) in [6, 6.07) is 0. The van der Waals surface area contributed by atoms with E-state index in [9.17, 15) is 0 Å². The molecule has 0 amide bonds. The zero-order valence-corrected chi connectivity index (χ0v) is 10.3. The second-order valence-electron chi connectivity index (χ2n) is 4.29. The maximum Gasteiger partial charge on any atom is 0.0163 e. The van der Waals surface area contributed by atoms with Crippen molar-refractivity contribution in [1.82, 2.24) is 10.2 Å². The van der Waals surface area contributed by atoms with Crippen LogP contribution in [0.25, 0.3) is 0 Å². The predicted octanol–water partition coefficient (Wildman–Crippen LogP) is 2.30. The summed E-state index contributed by atoms with van der Waals surface area (Å²) in [5.41, 5.74) is 0. The first-order valence-corrected chi connectivity index (χ1v) is 5.85. The van der Waals surface area contributed by atoms with E-state index in [0.29, 0.717) is 0 Å². The highest BCUT2D eigenvalue weighted by molar-refractivity contribution is 4.79. The van der Waals surface area contributed by atoms with Gasteiger partial charge in [-0.3, -0.25) is 4.90 Å². The van der Waals surface area contributed by atoms with Crippen molar-refractivity contribution in [1.29, 1.82) is 0 Å². The van der Waals surface area contributed by atoms with E-state index in [2.05, 4.69) is 37.2 Å². The highest BCUT2D eigenvalue weighted by Gasteiger charge is 1.99. The standard InChI is InChI=1S/C13H26N2/c1-5-9-15(10-6-2)11-7-8-14-12-13(3)4/h5-6,13-14H,1-2,7-12H2,3-4H3. The molecule has 0 bridgehead atoms. The van der Waals surface area contributed by atoms with Gasteiger partial charge in [0.2, 0.25) is 0 Å². The van der Waals surface area contributed by atoms with Crippen LogP contribution in [0.15, 0.2) is 25.3 Å². The van der Waals surface area contributed by atoms with E-state index in [4.69, 9.17) is 0 Å². The van der Waals surface area contributed by atoms with Gasteiger partial charge >= 0.3 is 0 Å². The van der Waals surface area contributed by atoms with E-state index in [-0.39, 0.29) is 0 Å². The fraction of sp³-hybridized carbons (Fsp3) is 0.692. The molecule has 0 unspecified atom stereocenters. The third-order valence-electron chi connectivity index (χ3n) is 2.16. The van der Waals surface area contributed by atoms with E-state index >= 15 is 0 Å². The molecule has 0 aromatic carbocycles. The molecule has 0 saturated heterocycles. The van der Waals surface area contributed by atoms with Crippen molar-refractivity contribution in [2.45, 2.75) is 20.3 Å². The van der Waals surface area contributed by atoms with Crippen molar-refractivity contribution in [2.24, 2.45) is 5.92 Å². The Morgan fingerprint density at radius 1 is 1.20 bits per heavy atom. The van der Waals surface area contributed by atoms with Gasteiger partial charge < -0.3 is 5.32 Å². The van der Waals surface area contributed by atoms with Crippen LogP contribution in [-0.2, 0) is 0 Å². The van der Waals surface area contributed by atoms with Crippen molar-refractivity contribution in [3.8, 4) is 0 Å². The van der Waals surface area contributed by atoms with Crippen LogP contribution < -0.4 is 5.32 Å². The molecule has 88 valence electrons. The van der Waals surface area contributed by atoms with Crippen molar-refractivity contribution >= 4 is 0 Å². The molecule has 2 heteroatoms. The molecule has 0 saturated carbocycles. The first-order valence-electron chi connectivity index (χ1n) is 5.85. The summed E-state index contributed by atoms with van der Waals surface area (Å²) < 4.78 is 0. The minimum Gasteiger partial charge on any atom is -0.316 e. The van der Waals surface area contributed by atoms with Crippen molar-refractivity contribution in [3.05, 3.63) is 25.3 Å². The average molecular weight is 210 g/mol. The summed E-state index contributed by atoms with van der Waals surface area (Å²) in [6.45, 7) is 17.2. The molecule has 0 aliphatic carbocycles. The molecule has 0 aliphatic heterocycles. The zero-order chi connectivity index (χ0) is 11.5. The van der Waals surface area contributed by atoms with Gasteiger partial charge in [-0.2, -0.15) is 0 Å². The number of hydrogen-bond donors (Lipinski definition) is 1. The van der Waals surface area contributed by atoms with Crippen LogP contribution in [0.2, 0.25) is 0 Å². The number of hydrogen-bond acceptors (Lipinski definition) is 2. The maximum absolute atomic E-state index is 3.76. The second kappa shape index (κ2) is 9.94. The van der Waals surface area contributed by atoms with Crippen molar-refractivity contribution < 1.29 is 0 Å². The van der Waals surface area contributed by atoms with Crippen molar-refractivity contribution in [3.63, 3.8) is 0 Å². The summed E-state index contributed by atoms with van der Waals surface area (Å²) in [6.07, 6.45) is 5.09. The fourth-order valence-corrected chi connectivity index (χ4v) is 1.44. The molecular formula is C13H26N2. The summed E-state index contributed by atoms with van der Waals surface area (Å²) in [7, 11) is 0. The number of nitrogens with zero attached hydrogens (tertiary/aromatic N) is 1. The molecule has 2 nitrogen and oxygen atoms in total. The molecule has 0 fully saturated rings. The second-order valence-corrected chi connectivity index (χ2v) is 4.29. The van der Waals surface area contributed by atoms with Gasteiger partial charge in [0.05, 0.1) is 0 Å². The van der Waals surface area contributed by atoms with Crippen LogP contribution in [0.3, 0.4) is 0 Å². The predicted molar refractivity (Wildman–Crippen MR) is 69.2 cm³/mol. The van der Waals surface area contributed by atoms with Gasteiger partial charge in [0, 0.05) is 13.1 Å². The zero-order valence-electron chi connectivity index (χ0n) is 10.3. The van der Waals surface area contributed by atoms with Crippen molar-refractivity contribution in [2.75, 3.05) is 32.7 Å². The largest absolute Gasteiger partial charge is 0.316 e. The van der Waals surface area contributed by atoms with Gasteiger partial charge in [-0.25, -0.2) is 0 Å². The van der Waals surface area contributed by atoms with Gasteiger partial charge in [-0.15, -0.1) is 13.2 Å². The van der Waals surface area contributed by atoms with Crippen LogP contribution >= 0.6 is 0 Å². The summed E-state index contributed by atoms with van der Waals surface area (Å²) >= 11 is 0. The molecule has 0 heterocycles. The quantitative estimate of drug-likeness (QED) is 0.440. The molecule has 15 heavy (non-hydrogen) atoms. The van der Waals surface area contributed by atoms with Gasteiger partial charge in [0.1, 0.15) is 0 Å².